The molecule has 1 atom stereocenters. The first-order valence-electron chi connectivity index (χ1n) is 10.6. The molecule has 174 valence electrons. The quantitative estimate of drug-likeness (QED) is 0.544. The standard InChI is InChI=1S/C24H29N5O4/c1-14(2)22(27-23(30)17-10-19(32-5)12-20(11-17)33-6)24(31)26-18-7-8-21(25-13-18)29-16(4)9-15(3)28-29/h7-14,22H,1-6H3,(H,26,31)(H,27,30). The van der Waals surface area contributed by atoms with Crippen molar-refractivity contribution in [3.05, 3.63) is 59.5 Å². The Morgan fingerprint density at radius 2 is 1.67 bits per heavy atom. The molecule has 3 aromatic rings. The SMILES string of the molecule is COc1cc(OC)cc(C(=O)NC(C(=O)Nc2ccc(-n3nc(C)cc3C)nc2)C(C)C)c1. The topological polar surface area (TPSA) is 107 Å². The molecule has 1 aromatic carbocycles. The lowest BCUT2D eigenvalue weighted by molar-refractivity contribution is -0.118. The number of ether oxygens (including phenoxy) is 2. The van der Waals surface area contributed by atoms with Crippen molar-refractivity contribution in [3.63, 3.8) is 0 Å². The van der Waals surface area contributed by atoms with Crippen LogP contribution in [0.1, 0.15) is 35.6 Å². The third-order valence-electron chi connectivity index (χ3n) is 5.09. The van der Waals surface area contributed by atoms with E-state index in [0.717, 1.165) is 11.4 Å². The van der Waals surface area contributed by atoms with Gasteiger partial charge in [0.25, 0.3) is 5.91 Å². The predicted octanol–water partition coefficient (Wildman–Crippen LogP) is 3.29. The van der Waals surface area contributed by atoms with Gasteiger partial charge < -0.3 is 20.1 Å². The smallest absolute Gasteiger partial charge is 0.252 e. The molecule has 0 saturated heterocycles. The lowest BCUT2D eigenvalue weighted by Crippen LogP contribution is -2.47. The lowest BCUT2D eigenvalue weighted by Gasteiger charge is -2.22. The van der Waals surface area contributed by atoms with Gasteiger partial charge in [-0.05, 0) is 50.1 Å². The number of pyridine rings is 1. The largest absolute Gasteiger partial charge is 0.497 e. The van der Waals surface area contributed by atoms with Gasteiger partial charge in [-0.25, -0.2) is 9.67 Å². The van der Waals surface area contributed by atoms with E-state index in [1.165, 1.54) is 14.2 Å². The van der Waals surface area contributed by atoms with E-state index in [4.69, 9.17) is 9.47 Å². The van der Waals surface area contributed by atoms with Crippen molar-refractivity contribution in [1.29, 1.82) is 0 Å². The number of nitrogens with one attached hydrogen (secondary N) is 2. The van der Waals surface area contributed by atoms with Crippen molar-refractivity contribution < 1.29 is 19.1 Å². The van der Waals surface area contributed by atoms with E-state index in [-0.39, 0.29) is 11.8 Å². The van der Waals surface area contributed by atoms with Gasteiger partial charge in [0.2, 0.25) is 5.91 Å². The number of rotatable bonds is 8. The minimum Gasteiger partial charge on any atom is -0.497 e. The monoisotopic (exact) mass is 451 g/mol. The Bertz CT molecular complexity index is 1120. The van der Waals surface area contributed by atoms with E-state index in [0.29, 0.717) is 28.6 Å². The van der Waals surface area contributed by atoms with Gasteiger partial charge in [-0.15, -0.1) is 0 Å². The molecule has 2 N–H and O–H groups in total. The van der Waals surface area contributed by atoms with Gasteiger partial charge >= 0.3 is 0 Å². The zero-order valence-electron chi connectivity index (χ0n) is 19.7. The van der Waals surface area contributed by atoms with Gasteiger partial charge in [0.1, 0.15) is 17.5 Å². The summed E-state index contributed by atoms with van der Waals surface area (Å²) in [6.07, 6.45) is 1.57. The van der Waals surface area contributed by atoms with Crippen LogP contribution in [-0.2, 0) is 4.79 Å². The van der Waals surface area contributed by atoms with Gasteiger partial charge in [-0.1, -0.05) is 13.8 Å². The first kappa shape index (κ1) is 23.8. The van der Waals surface area contributed by atoms with E-state index >= 15 is 0 Å². The fraction of sp³-hybridized carbons (Fsp3) is 0.333. The van der Waals surface area contributed by atoms with Crippen LogP contribution in [-0.4, -0.2) is 46.8 Å². The first-order chi connectivity index (χ1) is 15.7. The van der Waals surface area contributed by atoms with Crippen molar-refractivity contribution >= 4 is 17.5 Å². The van der Waals surface area contributed by atoms with Gasteiger partial charge in [-0.2, -0.15) is 5.10 Å². The number of benzene rings is 1. The fourth-order valence-corrected chi connectivity index (χ4v) is 3.36. The van der Waals surface area contributed by atoms with Crippen LogP contribution in [0.15, 0.2) is 42.6 Å². The summed E-state index contributed by atoms with van der Waals surface area (Å²) in [6, 6.07) is 9.59. The van der Waals surface area contributed by atoms with Crippen molar-refractivity contribution in [1.82, 2.24) is 20.1 Å². The van der Waals surface area contributed by atoms with Crippen LogP contribution in [0.4, 0.5) is 5.69 Å². The number of methoxy groups -OCH3 is 2. The van der Waals surface area contributed by atoms with Crippen LogP contribution in [0, 0.1) is 19.8 Å². The molecule has 1 unspecified atom stereocenters. The maximum absolute atomic E-state index is 13.0. The molecule has 0 radical (unpaired) electrons. The molecule has 2 amide bonds. The van der Waals surface area contributed by atoms with Crippen LogP contribution in [0.5, 0.6) is 11.5 Å². The van der Waals surface area contributed by atoms with E-state index < -0.39 is 11.9 Å². The Balaban J connectivity index is 1.73. The summed E-state index contributed by atoms with van der Waals surface area (Å²) in [5.74, 6) is 0.730. The second-order valence-corrected chi connectivity index (χ2v) is 8.03. The third kappa shape index (κ3) is 5.68. The summed E-state index contributed by atoms with van der Waals surface area (Å²) >= 11 is 0. The highest BCUT2D eigenvalue weighted by molar-refractivity contribution is 6.01. The number of aromatic nitrogens is 3. The van der Waals surface area contributed by atoms with E-state index in [2.05, 4.69) is 20.7 Å². The molecule has 2 heterocycles. The van der Waals surface area contributed by atoms with E-state index in [9.17, 15) is 9.59 Å². The number of amides is 2. The van der Waals surface area contributed by atoms with Crippen LogP contribution < -0.4 is 20.1 Å². The molecule has 9 heteroatoms. The zero-order chi connectivity index (χ0) is 24.1. The molecule has 0 saturated carbocycles. The maximum atomic E-state index is 13.0. The van der Waals surface area contributed by atoms with E-state index in [1.807, 2.05) is 33.8 Å². The number of hydrogen-bond donors (Lipinski definition) is 2. The van der Waals surface area contributed by atoms with Crippen molar-refractivity contribution in [2.24, 2.45) is 5.92 Å². The summed E-state index contributed by atoms with van der Waals surface area (Å²) in [7, 11) is 3.02. The van der Waals surface area contributed by atoms with Crippen LogP contribution >= 0.6 is 0 Å². The predicted molar refractivity (Wildman–Crippen MR) is 125 cm³/mol. The zero-order valence-corrected chi connectivity index (χ0v) is 19.7. The minimum absolute atomic E-state index is 0.150. The molecule has 2 aromatic heterocycles. The van der Waals surface area contributed by atoms with E-state index in [1.54, 1.807) is 41.2 Å². The molecule has 0 bridgehead atoms. The molecule has 33 heavy (non-hydrogen) atoms. The molecule has 3 rings (SSSR count). The second kappa shape index (κ2) is 10.2. The summed E-state index contributed by atoms with van der Waals surface area (Å²) in [6.45, 7) is 7.59. The number of hydrogen-bond acceptors (Lipinski definition) is 6. The number of nitrogens with zero attached hydrogens (tertiary/aromatic N) is 3. The van der Waals surface area contributed by atoms with Crippen molar-refractivity contribution in [2.75, 3.05) is 19.5 Å². The minimum atomic E-state index is -0.759. The van der Waals surface area contributed by atoms with Crippen LogP contribution in [0.3, 0.4) is 0 Å². The van der Waals surface area contributed by atoms with Crippen LogP contribution in [0.2, 0.25) is 0 Å². The third-order valence-corrected chi connectivity index (χ3v) is 5.09. The Hall–Kier alpha value is -3.88. The summed E-state index contributed by atoms with van der Waals surface area (Å²) in [5, 5.41) is 10.0. The second-order valence-electron chi connectivity index (χ2n) is 8.03. The number of aryl methyl sites for hydroxylation is 2. The average Bonchev–Trinajstić information content (AvgIpc) is 3.14. The highest BCUT2D eigenvalue weighted by atomic mass is 16.5. The molecule has 9 nitrogen and oxygen atoms in total. The van der Waals surface area contributed by atoms with Gasteiger partial charge in [0.15, 0.2) is 5.82 Å². The fourth-order valence-electron chi connectivity index (χ4n) is 3.36. The Morgan fingerprint density at radius 3 is 2.15 bits per heavy atom. The number of carbonyl (C=O) groups excluding carboxylic acids is 2. The highest BCUT2D eigenvalue weighted by Crippen LogP contribution is 2.23. The summed E-state index contributed by atoms with van der Waals surface area (Å²) in [5.41, 5.74) is 2.72. The van der Waals surface area contributed by atoms with Crippen molar-refractivity contribution in [2.45, 2.75) is 33.7 Å². The molecule has 0 aliphatic carbocycles. The molecule has 0 spiro atoms. The molecule has 0 aliphatic heterocycles. The Morgan fingerprint density at radius 1 is 1.00 bits per heavy atom. The van der Waals surface area contributed by atoms with Crippen molar-refractivity contribution in [3.8, 4) is 17.3 Å². The average molecular weight is 452 g/mol. The summed E-state index contributed by atoms with van der Waals surface area (Å²) < 4.78 is 12.2. The Kier molecular flexibility index (Phi) is 7.32. The van der Waals surface area contributed by atoms with Crippen LogP contribution in [0.25, 0.3) is 5.82 Å². The number of anilines is 1. The lowest BCUT2D eigenvalue weighted by atomic mass is 10.0. The maximum Gasteiger partial charge on any atom is 0.252 e. The molecule has 0 aliphatic rings. The molecular formula is C24H29N5O4. The molecular weight excluding hydrogens is 422 g/mol. The summed E-state index contributed by atoms with van der Waals surface area (Å²) in [4.78, 5) is 30.2. The first-order valence-corrected chi connectivity index (χ1v) is 10.6. The Labute approximate surface area is 193 Å². The van der Waals surface area contributed by atoms with Gasteiger partial charge in [-0.3, -0.25) is 9.59 Å². The normalized spacial score (nSPS) is 11.7. The molecule has 0 fully saturated rings. The van der Waals surface area contributed by atoms with Gasteiger partial charge in [0.05, 0.1) is 31.8 Å². The highest BCUT2D eigenvalue weighted by Gasteiger charge is 2.25. The van der Waals surface area contributed by atoms with Gasteiger partial charge in [0, 0.05) is 17.3 Å². The number of carbonyl (C=O) groups is 2.